The molecule has 0 radical (unpaired) electrons. The lowest BCUT2D eigenvalue weighted by Gasteiger charge is -2.15. The molecule has 0 aliphatic carbocycles. The zero-order valence-electron chi connectivity index (χ0n) is 17.0. The average molecular weight is 386 g/mol. The molecule has 0 spiro atoms. The topological polar surface area (TPSA) is 76.1 Å². The molecule has 2 rings (SSSR count). The maximum Gasteiger partial charge on any atom is 0.191 e. The van der Waals surface area contributed by atoms with Gasteiger partial charge >= 0.3 is 0 Å². The number of aliphatic imine (C=N–C) groups is 1. The van der Waals surface area contributed by atoms with Gasteiger partial charge in [-0.1, -0.05) is 12.1 Å². The molecule has 0 atom stereocenters. The van der Waals surface area contributed by atoms with Crippen LogP contribution in [0.1, 0.15) is 11.1 Å². The fourth-order valence-corrected chi connectivity index (χ4v) is 2.62. The lowest BCUT2D eigenvalue weighted by atomic mass is 10.2. The molecule has 0 aliphatic rings. The number of anilines is 1. The van der Waals surface area contributed by atoms with Crippen LogP contribution in [0, 0.1) is 0 Å². The fourth-order valence-electron chi connectivity index (χ4n) is 2.62. The number of guanidine groups is 1. The minimum atomic E-state index is 0.592. The Kier molecular flexibility index (Phi) is 8.94. The first-order chi connectivity index (χ1) is 13.7. The van der Waals surface area contributed by atoms with Gasteiger partial charge in [-0.25, -0.2) is 0 Å². The highest BCUT2D eigenvalue weighted by Crippen LogP contribution is 2.24. The highest BCUT2D eigenvalue weighted by atomic mass is 16.5. The Balaban J connectivity index is 1.84. The van der Waals surface area contributed by atoms with Crippen LogP contribution in [0.15, 0.2) is 47.5 Å². The Morgan fingerprint density at radius 2 is 1.68 bits per heavy atom. The summed E-state index contributed by atoms with van der Waals surface area (Å²) in [4.78, 5) is 4.28. The number of nitrogens with zero attached hydrogens (tertiary/aromatic N) is 1. The average Bonchev–Trinajstić information content (AvgIpc) is 2.75. The van der Waals surface area contributed by atoms with Crippen molar-refractivity contribution < 1.29 is 14.2 Å². The van der Waals surface area contributed by atoms with Crippen molar-refractivity contribution in [2.45, 2.75) is 13.1 Å². The van der Waals surface area contributed by atoms with Crippen LogP contribution in [0.5, 0.6) is 11.5 Å². The maximum atomic E-state index is 5.44. The van der Waals surface area contributed by atoms with Crippen LogP contribution >= 0.6 is 0 Å². The Morgan fingerprint density at radius 3 is 2.32 bits per heavy atom. The van der Waals surface area contributed by atoms with E-state index in [4.69, 9.17) is 14.2 Å². The van der Waals surface area contributed by atoms with E-state index >= 15 is 0 Å². The summed E-state index contributed by atoms with van der Waals surface area (Å²) in [6, 6.07) is 14.1. The van der Waals surface area contributed by atoms with E-state index in [1.165, 1.54) is 5.56 Å². The van der Waals surface area contributed by atoms with Crippen molar-refractivity contribution in [3.8, 4) is 11.5 Å². The summed E-state index contributed by atoms with van der Waals surface area (Å²) in [6.07, 6.45) is 0. The van der Waals surface area contributed by atoms with Crippen LogP contribution in [-0.4, -0.2) is 47.5 Å². The summed E-state index contributed by atoms with van der Waals surface area (Å²) >= 11 is 0. The van der Waals surface area contributed by atoms with Gasteiger partial charge in [0.05, 0.1) is 20.8 Å². The van der Waals surface area contributed by atoms with Crippen molar-refractivity contribution in [3.63, 3.8) is 0 Å². The van der Waals surface area contributed by atoms with Crippen LogP contribution in [0.2, 0.25) is 0 Å². The normalized spacial score (nSPS) is 11.1. The van der Waals surface area contributed by atoms with Crippen molar-refractivity contribution in [3.05, 3.63) is 53.6 Å². The molecule has 152 valence electrons. The van der Waals surface area contributed by atoms with Gasteiger partial charge in [-0.15, -0.1) is 0 Å². The molecule has 7 nitrogen and oxygen atoms in total. The van der Waals surface area contributed by atoms with Gasteiger partial charge in [0.1, 0.15) is 11.5 Å². The molecule has 7 heteroatoms. The molecule has 0 amide bonds. The lowest BCUT2D eigenvalue weighted by Crippen LogP contribution is -2.36. The predicted octanol–water partition coefficient (Wildman–Crippen LogP) is 2.63. The molecule has 0 aliphatic heterocycles. The SMILES string of the molecule is CN=C(NCc1ccc(NCCOC)cc1)NCc1ccc(OC)cc1OC. The quantitative estimate of drug-likeness (QED) is 0.331. The summed E-state index contributed by atoms with van der Waals surface area (Å²) < 4.78 is 15.7. The third-order valence-corrected chi connectivity index (χ3v) is 4.21. The first-order valence-electron chi connectivity index (χ1n) is 9.17. The Morgan fingerprint density at radius 1 is 0.929 bits per heavy atom. The third-order valence-electron chi connectivity index (χ3n) is 4.21. The lowest BCUT2D eigenvalue weighted by molar-refractivity contribution is 0.211. The molecule has 0 heterocycles. The maximum absolute atomic E-state index is 5.44. The minimum absolute atomic E-state index is 0.592. The molecule has 0 fully saturated rings. The van der Waals surface area contributed by atoms with E-state index in [1.54, 1.807) is 28.4 Å². The number of benzene rings is 2. The molecule has 3 N–H and O–H groups in total. The zero-order chi connectivity index (χ0) is 20.2. The standard InChI is InChI=1S/C21H30N4O3/c1-22-21(25-15-17-7-10-19(27-3)13-20(17)28-4)24-14-16-5-8-18(9-6-16)23-11-12-26-2/h5-10,13,23H,11-12,14-15H2,1-4H3,(H2,22,24,25). The van der Waals surface area contributed by atoms with Gasteiger partial charge < -0.3 is 30.2 Å². The molecule has 0 aromatic heterocycles. The van der Waals surface area contributed by atoms with Crippen molar-refractivity contribution >= 4 is 11.6 Å². The molecule has 0 saturated carbocycles. The van der Waals surface area contributed by atoms with Gasteiger partial charge in [0.25, 0.3) is 0 Å². The number of nitrogens with one attached hydrogen (secondary N) is 3. The van der Waals surface area contributed by atoms with Crippen molar-refractivity contribution in [1.29, 1.82) is 0 Å². The van der Waals surface area contributed by atoms with Crippen molar-refractivity contribution in [2.75, 3.05) is 46.8 Å². The van der Waals surface area contributed by atoms with Gasteiger partial charge in [0.15, 0.2) is 5.96 Å². The Bertz CT molecular complexity index is 748. The van der Waals surface area contributed by atoms with Crippen LogP contribution in [0.3, 0.4) is 0 Å². The molecular formula is C21H30N4O3. The first kappa shape index (κ1) is 21.4. The molecular weight excluding hydrogens is 356 g/mol. The van der Waals surface area contributed by atoms with E-state index in [9.17, 15) is 0 Å². The fraction of sp³-hybridized carbons (Fsp3) is 0.381. The number of hydrogen-bond donors (Lipinski definition) is 3. The molecule has 0 bridgehead atoms. The van der Waals surface area contributed by atoms with Crippen molar-refractivity contribution in [1.82, 2.24) is 10.6 Å². The van der Waals surface area contributed by atoms with E-state index in [-0.39, 0.29) is 0 Å². The van der Waals surface area contributed by atoms with Crippen LogP contribution in [0.25, 0.3) is 0 Å². The number of hydrogen-bond acceptors (Lipinski definition) is 5. The number of rotatable bonds is 10. The molecule has 0 saturated heterocycles. The van der Waals surface area contributed by atoms with Gasteiger partial charge in [0.2, 0.25) is 0 Å². The Hall–Kier alpha value is -2.93. The molecule has 28 heavy (non-hydrogen) atoms. The summed E-state index contributed by atoms with van der Waals surface area (Å²) in [5.41, 5.74) is 3.27. The van der Waals surface area contributed by atoms with Crippen molar-refractivity contribution in [2.24, 2.45) is 4.99 Å². The number of ether oxygens (including phenoxy) is 3. The Labute approximate surface area is 167 Å². The second kappa shape index (κ2) is 11.7. The minimum Gasteiger partial charge on any atom is -0.497 e. The highest BCUT2D eigenvalue weighted by Gasteiger charge is 2.06. The van der Waals surface area contributed by atoms with E-state index in [0.29, 0.717) is 19.7 Å². The molecule has 2 aromatic carbocycles. The van der Waals surface area contributed by atoms with Crippen LogP contribution < -0.4 is 25.4 Å². The van der Waals surface area contributed by atoms with Gasteiger partial charge in [-0.2, -0.15) is 0 Å². The second-order valence-electron chi connectivity index (χ2n) is 6.07. The zero-order valence-corrected chi connectivity index (χ0v) is 17.0. The third kappa shape index (κ3) is 6.66. The monoisotopic (exact) mass is 386 g/mol. The van der Waals surface area contributed by atoms with E-state index in [0.717, 1.165) is 35.3 Å². The second-order valence-corrected chi connectivity index (χ2v) is 6.07. The summed E-state index contributed by atoms with van der Waals surface area (Å²) in [5.74, 6) is 2.27. The highest BCUT2D eigenvalue weighted by molar-refractivity contribution is 5.79. The van der Waals surface area contributed by atoms with Crippen LogP contribution in [-0.2, 0) is 17.8 Å². The number of methoxy groups -OCH3 is 3. The van der Waals surface area contributed by atoms with Gasteiger partial charge in [-0.3, -0.25) is 4.99 Å². The predicted molar refractivity (Wildman–Crippen MR) is 113 cm³/mol. The van der Waals surface area contributed by atoms with Gasteiger partial charge in [0, 0.05) is 51.1 Å². The van der Waals surface area contributed by atoms with Gasteiger partial charge in [-0.05, 0) is 29.8 Å². The van der Waals surface area contributed by atoms with E-state index in [2.05, 4.69) is 45.2 Å². The molecule has 0 unspecified atom stereocenters. The largest absolute Gasteiger partial charge is 0.497 e. The van der Waals surface area contributed by atoms with Crippen LogP contribution in [0.4, 0.5) is 5.69 Å². The summed E-state index contributed by atoms with van der Waals surface area (Å²) in [7, 11) is 6.74. The molecule has 2 aromatic rings. The summed E-state index contributed by atoms with van der Waals surface area (Å²) in [5, 5.41) is 9.93. The first-order valence-corrected chi connectivity index (χ1v) is 9.17. The van der Waals surface area contributed by atoms with E-state index in [1.807, 2.05) is 18.2 Å². The smallest absolute Gasteiger partial charge is 0.191 e. The summed E-state index contributed by atoms with van der Waals surface area (Å²) in [6.45, 7) is 2.75. The van der Waals surface area contributed by atoms with E-state index < -0.39 is 0 Å².